The van der Waals surface area contributed by atoms with Crippen LogP contribution in [0.1, 0.15) is 13.3 Å². The molecule has 2 atom stereocenters. The topological polar surface area (TPSA) is 57.4 Å². The van der Waals surface area contributed by atoms with E-state index in [4.69, 9.17) is 9.47 Å². The summed E-state index contributed by atoms with van der Waals surface area (Å²) < 4.78 is 10.3. The van der Waals surface area contributed by atoms with Crippen molar-refractivity contribution in [3.8, 4) is 0 Å². The predicted molar refractivity (Wildman–Crippen MR) is 54.7 cm³/mol. The van der Waals surface area contributed by atoms with Crippen molar-refractivity contribution < 1.29 is 14.3 Å². The SMILES string of the molecule is CCCNC(=O)N(CC1CO1)CC1CO1. The maximum atomic E-state index is 11.7. The summed E-state index contributed by atoms with van der Waals surface area (Å²) in [6.07, 6.45) is 1.45. The van der Waals surface area contributed by atoms with Crippen molar-refractivity contribution in [3.63, 3.8) is 0 Å². The molecule has 0 aromatic rings. The molecule has 2 aliphatic heterocycles. The van der Waals surface area contributed by atoms with Crippen LogP contribution in [0.3, 0.4) is 0 Å². The number of urea groups is 1. The zero-order valence-electron chi connectivity index (χ0n) is 9.07. The molecule has 0 aromatic carbocycles. The van der Waals surface area contributed by atoms with Gasteiger partial charge in [-0.2, -0.15) is 0 Å². The zero-order chi connectivity index (χ0) is 10.7. The highest BCUT2D eigenvalue weighted by Crippen LogP contribution is 2.15. The molecule has 2 heterocycles. The third kappa shape index (κ3) is 3.68. The maximum absolute atomic E-state index is 11.7. The summed E-state index contributed by atoms with van der Waals surface area (Å²) in [4.78, 5) is 13.5. The molecule has 5 heteroatoms. The smallest absolute Gasteiger partial charge is 0.317 e. The van der Waals surface area contributed by atoms with Gasteiger partial charge in [0.15, 0.2) is 0 Å². The number of epoxide rings is 2. The Balaban J connectivity index is 1.75. The van der Waals surface area contributed by atoms with E-state index in [0.29, 0.717) is 13.1 Å². The number of ether oxygens (including phenoxy) is 2. The van der Waals surface area contributed by atoms with Gasteiger partial charge in [0.25, 0.3) is 0 Å². The molecule has 15 heavy (non-hydrogen) atoms. The second kappa shape index (κ2) is 4.81. The van der Waals surface area contributed by atoms with Crippen molar-refractivity contribution in [2.75, 3.05) is 32.8 Å². The minimum absolute atomic E-state index is 0.00264. The maximum Gasteiger partial charge on any atom is 0.317 e. The van der Waals surface area contributed by atoms with Crippen molar-refractivity contribution in [2.24, 2.45) is 0 Å². The molecule has 2 amide bonds. The Labute approximate surface area is 89.7 Å². The number of nitrogens with zero attached hydrogens (tertiary/aromatic N) is 1. The standard InChI is InChI=1S/C10H18N2O3/c1-2-3-11-10(13)12(4-8-6-14-8)5-9-7-15-9/h8-9H,2-7H2,1H3,(H,11,13). The molecule has 2 rings (SSSR count). The molecule has 1 N–H and O–H groups in total. The van der Waals surface area contributed by atoms with Crippen LogP contribution in [0.15, 0.2) is 0 Å². The molecule has 2 saturated heterocycles. The van der Waals surface area contributed by atoms with E-state index in [9.17, 15) is 4.79 Å². The number of nitrogens with one attached hydrogen (secondary N) is 1. The van der Waals surface area contributed by atoms with Gasteiger partial charge in [-0.1, -0.05) is 6.92 Å². The van der Waals surface area contributed by atoms with Crippen LogP contribution in [0.4, 0.5) is 4.79 Å². The Bertz CT molecular complexity index is 213. The van der Waals surface area contributed by atoms with Crippen LogP contribution in [0.5, 0.6) is 0 Å². The molecule has 2 unspecified atom stereocenters. The van der Waals surface area contributed by atoms with E-state index in [1.807, 2.05) is 6.92 Å². The van der Waals surface area contributed by atoms with Crippen molar-refractivity contribution in [2.45, 2.75) is 25.6 Å². The first-order valence-corrected chi connectivity index (χ1v) is 5.55. The van der Waals surface area contributed by atoms with Crippen LogP contribution >= 0.6 is 0 Å². The molecule has 2 aliphatic rings. The van der Waals surface area contributed by atoms with Crippen molar-refractivity contribution >= 4 is 6.03 Å². The third-order valence-electron chi connectivity index (χ3n) is 2.47. The first kappa shape index (κ1) is 10.7. The quantitative estimate of drug-likeness (QED) is 0.643. The van der Waals surface area contributed by atoms with Gasteiger partial charge in [-0.25, -0.2) is 4.79 Å². The van der Waals surface area contributed by atoms with Crippen LogP contribution in [0.2, 0.25) is 0 Å². The lowest BCUT2D eigenvalue weighted by Crippen LogP contribution is -2.44. The van der Waals surface area contributed by atoms with E-state index in [-0.39, 0.29) is 18.2 Å². The van der Waals surface area contributed by atoms with Gasteiger partial charge >= 0.3 is 6.03 Å². The summed E-state index contributed by atoms with van der Waals surface area (Å²) in [6, 6.07) is 0.00264. The fourth-order valence-electron chi connectivity index (χ4n) is 1.42. The van der Waals surface area contributed by atoms with Gasteiger partial charge in [-0.05, 0) is 6.42 Å². The summed E-state index contributed by atoms with van der Waals surface area (Å²) in [5, 5.41) is 2.87. The average molecular weight is 214 g/mol. The second-order valence-corrected chi connectivity index (χ2v) is 4.05. The molecule has 0 radical (unpaired) electrons. The van der Waals surface area contributed by atoms with Crippen molar-refractivity contribution in [1.29, 1.82) is 0 Å². The minimum atomic E-state index is 0.00264. The Morgan fingerprint density at radius 1 is 1.33 bits per heavy atom. The van der Waals surface area contributed by atoms with Gasteiger partial charge < -0.3 is 19.7 Å². The Morgan fingerprint density at radius 2 is 1.87 bits per heavy atom. The highest BCUT2D eigenvalue weighted by atomic mass is 16.6. The van der Waals surface area contributed by atoms with Crippen molar-refractivity contribution in [1.82, 2.24) is 10.2 Å². The predicted octanol–water partition coefficient (Wildman–Crippen LogP) is 0.206. The lowest BCUT2D eigenvalue weighted by molar-refractivity contribution is 0.185. The summed E-state index contributed by atoms with van der Waals surface area (Å²) >= 11 is 0. The molecule has 0 spiro atoms. The normalized spacial score (nSPS) is 27.3. The lowest BCUT2D eigenvalue weighted by atomic mass is 10.3. The average Bonchev–Trinajstić information content (AvgIpc) is 3.06. The number of hydrogen-bond acceptors (Lipinski definition) is 3. The summed E-state index contributed by atoms with van der Waals surface area (Å²) in [5.41, 5.74) is 0. The third-order valence-corrected chi connectivity index (χ3v) is 2.47. The summed E-state index contributed by atoms with van der Waals surface area (Å²) in [7, 11) is 0. The molecule has 0 aromatic heterocycles. The van der Waals surface area contributed by atoms with E-state index in [1.165, 1.54) is 0 Å². The second-order valence-electron chi connectivity index (χ2n) is 4.05. The Morgan fingerprint density at radius 3 is 2.27 bits per heavy atom. The monoisotopic (exact) mass is 214 g/mol. The lowest BCUT2D eigenvalue weighted by Gasteiger charge is -2.21. The fourth-order valence-corrected chi connectivity index (χ4v) is 1.42. The van der Waals surface area contributed by atoms with Crippen LogP contribution in [-0.4, -0.2) is 56.0 Å². The molecular weight excluding hydrogens is 196 g/mol. The number of hydrogen-bond donors (Lipinski definition) is 1. The molecule has 0 aliphatic carbocycles. The van der Waals surface area contributed by atoms with Gasteiger partial charge in [-0.3, -0.25) is 0 Å². The van der Waals surface area contributed by atoms with Gasteiger partial charge in [0.05, 0.1) is 38.5 Å². The molecule has 2 fully saturated rings. The van der Waals surface area contributed by atoms with Crippen molar-refractivity contribution in [3.05, 3.63) is 0 Å². The Hall–Kier alpha value is -0.810. The minimum Gasteiger partial charge on any atom is -0.371 e. The van der Waals surface area contributed by atoms with Crippen LogP contribution in [-0.2, 0) is 9.47 Å². The summed E-state index contributed by atoms with van der Waals surface area (Å²) in [5.74, 6) is 0. The van der Waals surface area contributed by atoms with Crippen LogP contribution in [0.25, 0.3) is 0 Å². The van der Waals surface area contributed by atoms with Gasteiger partial charge in [0.1, 0.15) is 0 Å². The van der Waals surface area contributed by atoms with Crippen LogP contribution in [0, 0.1) is 0 Å². The van der Waals surface area contributed by atoms with Gasteiger partial charge in [-0.15, -0.1) is 0 Å². The number of rotatable bonds is 6. The van der Waals surface area contributed by atoms with Crippen LogP contribution < -0.4 is 5.32 Å². The highest BCUT2D eigenvalue weighted by molar-refractivity contribution is 5.74. The number of amides is 2. The molecule has 0 saturated carbocycles. The van der Waals surface area contributed by atoms with E-state index in [0.717, 1.165) is 26.2 Å². The number of carbonyl (C=O) groups is 1. The van der Waals surface area contributed by atoms with Gasteiger partial charge in [0.2, 0.25) is 0 Å². The van der Waals surface area contributed by atoms with E-state index >= 15 is 0 Å². The molecule has 5 nitrogen and oxygen atoms in total. The van der Waals surface area contributed by atoms with Gasteiger partial charge in [0, 0.05) is 6.54 Å². The fraction of sp³-hybridized carbons (Fsp3) is 0.900. The van der Waals surface area contributed by atoms with E-state index in [1.54, 1.807) is 4.90 Å². The summed E-state index contributed by atoms with van der Waals surface area (Å²) in [6.45, 7) is 5.71. The zero-order valence-corrected chi connectivity index (χ0v) is 9.07. The Kier molecular flexibility index (Phi) is 3.43. The van der Waals surface area contributed by atoms with E-state index < -0.39 is 0 Å². The largest absolute Gasteiger partial charge is 0.371 e. The highest BCUT2D eigenvalue weighted by Gasteiger charge is 2.32. The van der Waals surface area contributed by atoms with E-state index in [2.05, 4.69) is 5.32 Å². The molecule has 0 bridgehead atoms. The first-order valence-electron chi connectivity index (χ1n) is 5.55. The number of carbonyl (C=O) groups excluding carboxylic acids is 1. The molecule has 86 valence electrons. The molecular formula is C10H18N2O3. The first-order chi connectivity index (χ1) is 7.29.